The Balaban J connectivity index is 1.87. The third-order valence-corrected chi connectivity index (χ3v) is 4.04. The van der Waals surface area contributed by atoms with E-state index in [-0.39, 0.29) is 12.2 Å². The zero-order valence-corrected chi connectivity index (χ0v) is 11.1. The van der Waals surface area contributed by atoms with Crippen molar-refractivity contribution in [3.05, 3.63) is 64.8 Å². The van der Waals surface area contributed by atoms with Crippen LogP contribution >= 0.6 is 11.3 Å². The van der Waals surface area contributed by atoms with Gasteiger partial charge in [0.15, 0.2) is 11.6 Å². The first-order valence-electron chi connectivity index (χ1n) is 5.98. The van der Waals surface area contributed by atoms with Gasteiger partial charge in [-0.15, -0.1) is 11.3 Å². The van der Waals surface area contributed by atoms with Crippen molar-refractivity contribution >= 4 is 27.1 Å². The van der Waals surface area contributed by atoms with Crippen LogP contribution in [0, 0.1) is 17.5 Å². The molecular formula is C15H10F3NS. The first kappa shape index (κ1) is 13.0. The molecule has 20 heavy (non-hydrogen) atoms. The van der Waals surface area contributed by atoms with E-state index < -0.39 is 17.5 Å². The predicted molar refractivity (Wildman–Crippen MR) is 75.5 cm³/mol. The van der Waals surface area contributed by atoms with Crippen LogP contribution in [0.15, 0.2) is 41.8 Å². The molecule has 0 aliphatic carbocycles. The van der Waals surface area contributed by atoms with Crippen LogP contribution in [0.4, 0.5) is 18.9 Å². The molecule has 3 rings (SSSR count). The molecule has 0 fully saturated rings. The lowest BCUT2D eigenvalue weighted by atomic mass is 10.2. The van der Waals surface area contributed by atoms with Gasteiger partial charge in [-0.25, -0.2) is 13.2 Å². The number of thiophene rings is 1. The number of halogens is 3. The van der Waals surface area contributed by atoms with Gasteiger partial charge in [0.1, 0.15) is 11.5 Å². The minimum absolute atomic E-state index is 0.281. The largest absolute Gasteiger partial charge is 0.376 e. The molecular weight excluding hydrogens is 283 g/mol. The number of fused-ring (bicyclic) bond motifs is 1. The molecule has 0 amide bonds. The molecule has 0 radical (unpaired) electrons. The number of rotatable bonds is 3. The van der Waals surface area contributed by atoms with Crippen LogP contribution in [-0.4, -0.2) is 0 Å². The van der Waals surface area contributed by atoms with Gasteiger partial charge < -0.3 is 5.32 Å². The maximum atomic E-state index is 13.5. The maximum absolute atomic E-state index is 13.5. The van der Waals surface area contributed by atoms with Crippen LogP contribution in [0.3, 0.4) is 0 Å². The average molecular weight is 293 g/mol. The van der Waals surface area contributed by atoms with Crippen molar-refractivity contribution in [3.8, 4) is 0 Å². The Morgan fingerprint density at radius 3 is 2.45 bits per heavy atom. The second-order valence-electron chi connectivity index (χ2n) is 4.36. The van der Waals surface area contributed by atoms with Crippen LogP contribution in [0.25, 0.3) is 10.1 Å². The number of benzene rings is 2. The van der Waals surface area contributed by atoms with Gasteiger partial charge in [0.2, 0.25) is 0 Å². The van der Waals surface area contributed by atoms with Crippen LogP contribution < -0.4 is 5.32 Å². The molecule has 0 unspecified atom stereocenters. The fourth-order valence-corrected chi connectivity index (χ4v) is 3.03. The van der Waals surface area contributed by atoms with Crippen LogP contribution in [0.5, 0.6) is 0 Å². The van der Waals surface area contributed by atoms with Crippen molar-refractivity contribution < 1.29 is 13.2 Å². The molecule has 5 heteroatoms. The predicted octanol–water partition coefficient (Wildman–Crippen LogP) is 4.93. The van der Waals surface area contributed by atoms with Crippen molar-refractivity contribution in [2.24, 2.45) is 0 Å². The van der Waals surface area contributed by atoms with Crippen LogP contribution in [-0.2, 0) is 6.54 Å². The zero-order chi connectivity index (χ0) is 14.1. The summed E-state index contributed by atoms with van der Waals surface area (Å²) in [6.45, 7) is 0.281. The molecule has 1 aromatic heterocycles. The Bertz CT molecular complexity index is 744. The summed E-state index contributed by atoms with van der Waals surface area (Å²) in [7, 11) is 0. The van der Waals surface area contributed by atoms with Crippen molar-refractivity contribution in [3.63, 3.8) is 0 Å². The molecule has 1 N–H and O–H groups in total. The summed E-state index contributed by atoms with van der Waals surface area (Å²) in [5.41, 5.74) is 0.649. The van der Waals surface area contributed by atoms with E-state index in [1.54, 1.807) is 11.3 Å². The third kappa shape index (κ3) is 2.36. The van der Waals surface area contributed by atoms with E-state index in [2.05, 4.69) is 5.32 Å². The van der Waals surface area contributed by atoms with E-state index in [0.29, 0.717) is 12.1 Å². The van der Waals surface area contributed by atoms with Crippen molar-refractivity contribution in [2.45, 2.75) is 6.54 Å². The second-order valence-corrected chi connectivity index (χ2v) is 5.27. The lowest BCUT2D eigenvalue weighted by Crippen LogP contribution is -2.04. The second kappa shape index (κ2) is 5.17. The molecule has 3 aromatic rings. The highest BCUT2D eigenvalue weighted by atomic mass is 32.1. The standard InChI is InChI=1S/C15H10F3NS/c16-10-5-12(17)15(13(18)6-10)19-7-9-8-20-14-4-2-1-3-11(9)14/h1-6,8,19H,7H2. The molecule has 1 heterocycles. The molecule has 0 aliphatic rings. The van der Waals surface area contributed by atoms with Crippen LogP contribution in [0.1, 0.15) is 5.56 Å². The number of anilines is 1. The van der Waals surface area contributed by atoms with E-state index >= 15 is 0 Å². The molecule has 0 atom stereocenters. The monoisotopic (exact) mass is 293 g/mol. The van der Waals surface area contributed by atoms with E-state index in [9.17, 15) is 13.2 Å². The van der Waals surface area contributed by atoms with E-state index in [0.717, 1.165) is 15.6 Å². The Hall–Kier alpha value is -2.01. The van der Waals surface area contributed by atoms with Gasteiger partial charge in [-0.2, -0.15) is 0 Å². The minimum atomic E-state index is -0.929. The molecule has 0 saturated carbocycles. The van der Waals surface area contributed by atoms with Gasteiger partial charge >= 0.3 is 0 Å². The molecule has 0 saturated heterocycles. The van der Waals surface area contributed by atoms with Gasteiger partial charge in [-0.3, -0.25) is 0 Å². The van der Waals surface area contributed by atoms with E-state index in [4.69, 9.17) is 0 Å². The maximum Gasteiger partial charge on any atom is 0.152 e. The number of nitrogens with one attached hydrogen (secondary N) is 1. The summed E-state index contributed by atoms with van der Waals surface area (Å²) in [6, 6.07) is 9.13. The quantitative estimate of drug-likeness (QED) is 0.722. The molecule has 102 valence electrons. The lowest BCUT2D eigenvalue weighted by Gasteiger charge is -2.08. The zero-order valence-electron chi connectivity index (χ0n) is 10.3. The molecule has 0 aliphatic heterocycles. The first-order chi connectivity index (χ1) is 9.65. The van der Waals surface area contributed by atoms with Crippen molar-refractivity contribution in [2.75, 3.05) is 5.32 Å². The highest BCUT2D eigenvalue weighted by molar-refractivity contribution is 7.17. The molecule has 0 bridgehead atoms. The fraction of sp³-hybridized carbons (Fsp3) is 0.0667. The lowest BCUT2D eigenvalue weighted by molar-refractivity contribution is 0.547. The average Bonchev–Trinajstić information content (AvgIpc) is 2.81. The third-order valence-electron chi connectivity index (χ3n) is 3.02. The summed E-state index contributed by atoms with van der Waals surface area (Å²) in [6.07, 6.45) is 0. The SMILES string of the molecule is Fc1cc(F)c(NCc2csc3ccccc23)c(F)c1. The summed E-state index contributed by atoms with van der Waals surface area (Å²) in [5, 5.41) is 5.68. The highest BCUT2D eigenvalue weighted by Gasteiger charge is 2.12. The molecule has 0 spiro atoms. The van der Waals surface area contributed by atoms with Gasteiger partial charge in [-0.05, 0) is 22.4 Å². The Morgan fingerprint density at radius 2 is 1.70 bits per heavy atom. The van der Waals surface area contributed by atoms with Gasteiger partial charge in [-0.1, -0.05) is 18.2 Å². The summed E-state index contributed by atoms with van der Waals surface area (Å²) < 4.78 is 41.0. The van der Waals surface area contributed by atoms with Gasteiger partial charge in [0.05, 0.1) is 0 Å². The van der Waals surface area contributed by atoms with E-state index in [1.165, 1.54) is 0 Å². The van der Waals surface area contributed by atoms with Crippen molar-refractivity contribution in [1.82, 2.24) is 0 Å². The first-order valence-corrected chi connectivity index (χ1v) is 6.86. The Morgan fingerprint density at radius 1 is 1.00 bits per heavy atom. The summed E-state index contributed by atoms with van der Waals surface area (Å²) in [5.74, 6) is -2.78. The topological polar surface area (TPSA) is 12.0 Å². The smallest absolute Gasteiger partial charge is 0.152 e. The highest BCUT2D eigenvalue weighted by Crippen LogP contribution is 2.27. The van der Waals surface area contributed by atoms with Gasteiger partial charge in [0, 0.05) is 23.4 Å². The number of hydrogen-bond donors (Lipinski definition) is 1. The van der Waals surface area contributed by atoms with Crippen molar-refractivity contribution in [1.29, 1.82) is 0 Å². The normalized spacial score (nSPS) is 10.9. The molecule has 1 nitrogen and oxygen atoms in total. The number of hydrogen-bond acceptors (Lipinski definition) is 2. The minimum Gasteiger partial charge on any atom is -0.376 e. The fourth-order valence-electron chi connectivity index (χ4n) is 2.06. The Kier molecular flexibility index (Phi) is 3.36. The van der Waals surface area contributed by atoms with Gasteiger partial charge in [0.25, 0.3) is 0 Å². The van der Waals surface area contributed by atoms with Crippen LogP contribution in [0.2, 0.25) is 0 Å². The summed E-state index contributed by atoms with van der Waals surface area (Å²) in [4.78, 5) is 0. The Labute approximate surface area is 117 Å². The molecule has 2 aromatic carbocycles. The summed E-state index contributed by atoms with van der Waals surface area (Å²) >= 11 is 1.57. The van der Waals surface area contributed by atoms with E-state index in [1.807, 2.05) is 29.6 Å².